The minimum Gasteiger partial charge on any atom is -0.287 e. The summed E-state index contributed by atoms with van der Waals surface area (Å²) in [5.74, 6) is 0. The van der Waals surface area contributed by atoms with Crippen LogP contribution < -0.4 is 0 Å². The molecule has 0 aromatic heterocycles. The molecular weight excluding hydrogens is 316 g/mol. The first kappa shape index (κ1) is 13.3. The molecule has 0 N–H and O–H groups in total. The first-order valence-corrected chi connectivity index (χ1v) is 5.82. The average molecular weight is 325 g/mol. The first-order chi connectivity index (χ1) is 5.90. The normalized spacial score (nSPS) is 12.8. The van der Waals surface area contributed by atoms with E-state index in [0.29, 0.717) is 6.42 Å². The molecule has 0 saturated carbocycles. The van der Waals surface area contributed by atoms with Gasteiger partial charge in [0.2, 0.25) is 3.79 Å². The minimum atomic E-state index is -3.54. The number of carbonyl (C=O) groups is 1. The fourth-order valence-electron chi connectivity index (χ4n) is 0.500. The topological polar surface area (TPSA) is 43.4 Å². The molecule has 0 bridgehead atoms. The van der Waals surface area contributed by atoms with Crippen LogP contribution in [0.15, 0.2) is 0 Å². The van der Waals surface area contributed by atoms with E-state index in [2.05, 4.69) is 4.52 Å². The van der Waals surface area contributed by atoms with Crippen LogP contribution in [0.1, 0.15) is 19.8 Å². The van der Waals surface area contributed by atoms with Crippen molar-refractivity contribution in [1.29, 1.82) is 0 Å². The van der Waals surface area contributed by atoms with Crippen LogP contribution in [-0.2, 0) is 13.9 Å². The van der Waals surface area contributed by atoms with Crippen LogP contribution >= 0.6 is 30.6 Å². The molecule has 0 fully saturated rings. The smallest absolute Gasteiger partial charge is 0.287 e. The number of alkyl halides is 2. The van der Waals surface area contributed by atoms with E-state index in [1.54, 1.807) is 6.92 Å². The third-order valence-electron chi connectivity index (χ3n) is 1.03. The predicted molar refractivity (Wildman–Crippen MR) is 52.4 cm³/mol. The molecule has 0 aromatic rings. The largest absolute Gasteiger partial charge is 0.586 e. The summed E-state index contributed by atoms with van der Waals surface area (Å²) in [5, 5.41) is 0. The van der Waals surface area contributed by atoms with E-state index in [1.165, 1.54) is 22.6 Å². The second-order valence-corrected chi connectivity index (χ2v) is 4.92. The maximum Gasteiger partial charge on any atom is 0.586 e. The van der Waals surface area contributed by atoms with Crippen molar-refractivity contribution in [3.63, 3.8) is 0 Å². The molecule has 0 amide bonds. The Morgan fingerprint density at radius 1 is 1.62 bits per heavy atom. The molecule has 0 aromatic carbocycles. The van der Waals surface area contributed by atoms with Gasteiger partial charge in [-0.25, -0.2) is 0 Å². The maximum absolute atomic E-state index is 12.8. The molecule has 0 spiro atoms. The quantitative estimate of drug-likeness (QED) is 0.428. The van der Waals surface area contributed by atoms with Crippen LogP contribution in [0.3, 0.4) is 0 Å². The van der Waals surface area contributed by atoms with E-state index in [1.807, 2.05) is 0 Å². The summed E-state index contributed by atoms with van der Waals surface area (Å²) in [6.07, 6.45) is -0.526. The molecule has 1 atom stereocenters. The lowest BCUT2D eigenvalue weighted by atomic mass is 10.5. The number of hydrogen-bond acceptors (Lipinski definition) is 3. The first-order valence-electron chi connectivity index (χ1n) is 3.56. The lowest BCUT2D eigenvalue weighted by Gasteiger charge is -1.99. The van der Waals surface area contributed by atoms with Crippen molar-refractivity contribution in [1.82, 2.24) is 0 Å². The molecule has 0 rings (SSSR count). The lowest BCUT2D eigenvalue weighted by Crippen LogP contribution is -2.14. The Bertz CT molecular complexity index is 210. The van der Waals surface area contributed by atoms with E-state index >= 15 is 0 Å². The predicted octanol–water partition coefficient (Wildman–Crippen LogP) is 3.10. The summed E-state index contributed by atoms with van der Waals surface area (Å²) >= 11 is 1.24. The Hall–Kier alpha value is 0.320. The Labute approximate surface area is 89.2 Å². The molecule has 1 unspecified atom stereocenters. The van der Waals surface area contributed by atoms with E-state index in [-0.39, 0.29) is 6.61 Å². The van der Waals surface area contributed by atoms with Gasteiger partial charge in [0, 0.05) is 0 Å². The minimum absolute atomic E-state index is 0.0141. The zero-order chi connectivity index (χ0) is 10.5. The standard InChI is InChI=1S/C6H9F2IO3P/c1-2-3-12-13(11)6(7,8)4-5(9)10/h2-4H2,1H3/q+1. The van der Waals surface area contributed by atoms with Crippen molar-refractivity contribution >= 4 is 34.4 Å². The van der Waals surface area contributed by atoms with E-state index < -0.39 is 23.9 Å². The molecule has 0 aliphatic heterocycles. The molecular formula is C6H9F2IO3P+. The van der Waals surface area contributed by atoms with Gasteiger partial charge in [-0.05, 0) is 33.6 Å². The molecule has 3 nitrogen and oxygen atoms in total. The number of rotatable bonds is 6. The molecule has 0 saturated heterocycles. The molecule has 0 heterocycles. The Kier molecular flexibility index (Phi) is 6.07. The zero-order valence-corrected chi connectivity index (χ0v) is 9.98. The SMILES string of the molecule is CCCO[P+](=O)C(F)(F)CC(=O)I. The summed E-state index contributed by atoms with van der Waals surface area (Å²) in [4.78, 5) is 10.4. The Balaban J connectivity index is 4.10. The van der Waals surface area contributed by atoms with Gasteiger partial charge in [-0.2, -0.15) is 8.78 Å². The molecule has 76 valence electrons. The Morgan fingerprint density at radius 2 is 2.15 bits per heavy atom. The van der Waals surface area contributed by atoms with Gasteiger partial charge in [0.05, 0.1) is 0 Å². The van der Waals surface area contributed by atoms with Gasteiger partial charge in [-0.15, -0.1) is 4.52 Å². The summed E-state index contributed by atoms with van der Waals surface area (Å²) in [5.41, 5.74) is -3.54. The molecule has 7 heteroatoms. The van der Waals surface area contributed by atoms with Crippen LogP contribution in [0.5, 0.6) is 0 Å². The van der Waals surface area contributed by atoms with E-state index in [0.717, 1.165) is 0 Å². The van der Waals surface area contributed by atoms with Gasteiger partial charge in [0.15, 0.2) is 0 Å². The number of hydrogen-bond donors (Lipinski definition) is 0. The highest BCUT2D eigenvalue weighted by Gasteiger charge is 2.54. The molecule has 0 radical (unpaired) electrons. The van der Waals surface area contributed by atoms with Crippen molar-refractivity contribution < 1.29 is 22.7 Å². The lowest BCUT2D eigenvalue weighted by molar-refractivity contribution is -0.112. The van der Waals surface area contributed by atoms with Gasteiger partial charge in [-0.1, -0.05) is 6.92 Å². The van der Waals surface area contributed by atoms with Crippen LogP contribution in [0.4, 0.5) is 8.78 Å². The molecule has 13 heavy (non-hydrogen) atoms. The fourth-order valence-corrected chi connectivity index (χ4v) is 2.09. The highest BCUT2D eigenvalue weighted by atomic mass is 127. The van der Waals surface area contributed by atoms with Gasteiger partial charge in [0.25, 0.3) is 0 Å². The van der Waals surface area contributed by atoms with E-state index in [9.17, 15) is 18.1 Å². The summed E-state index contributed by atoms with van der Waals surface area (Å²) < 4.78 is 39.9. The number of carbonyl (C=O) groups excluding carboxylic acids is 1. The van der Waals surface area contributed by atoms with Gasteiger partial charge in [-0.3, -0.25) is 4.79 Å². The van der Waals surface area contributed by atoms with Crippen molar-refractivity contribution in [3.05, 3.63) is 0 Å². The van der Waals surface area contributed by atoms with Crippen LogP contribution in [0, 0.1) is 0 Å². The van der Waals surface area contributed by atoms with Gasteiger partial charge < -0.3 is 0 Å². The zero-order valence-electron chi connectivity index (χ0n) is 6.93. The monoisotopic (exact) mass is 325 g/mol. The van der Waals surface area contributed by atoms with Gasteiger partial charge in [0.1, 0.15) is 13.0 Å². The number of halogens is 3. The second kappa shape index (κ2) is 5.93. The fraction of sp³-hybridized carbons (Fsp3) is 0.833. The summed E-state index contributed by atoms with van der Waals surface area (Å²) in [6.45, 7) is 1.73. The van der Waals surface area contributed by atoms with Crippen molar-refractivity contribution in [2.24, 2.45) is 0 Å². The second-order valence-electron chi connectivity index (χ2n) is 2.29. The highest BCUT2D eigenvalue weighted by molar-refractivity contribution is 14.1. The van der Waals surface area contributed by atoms with Gasteiger partial charge >= 0.3 is 13.7 Å². The third-order valence-corrected chi connectivity index (χ3v) is 2.52. The van der Waals surface area contributed by atoms with Crippen molar-refractivity contribution in [2.75, 3.05) is 6.61 Å². The highest BCUT2D eigenvalue weighted by Crippen LogP contribution is 2.45. The van der Waals surface area contributed by atoms with Crippen molar-refractivity contribution in [2.45, 2.75) is 25.4 Å². The Morgan fingerprint density at radius 3 is 2.54 bits per heavy atom. The molecule has 0 aliphatic carbocycles. The maximum atomic E-state index is 12.8. The average Bonchev–Trinajstić information content (AvgIpc) is 1.97. The summed E-state index contributed by atoms with van der Waals surface area (Å²) in [6, 6.07) is 0. The third kappa shape index (κ3) is 5.59. The van der Waals surface area contributed by atoms with E-state index in [4.69, 9.17) is 0 Å². The van der Waals surface area contributed by atoms with Crippen molar-refractivity contribution in [3.8, 4) is 0 Å². The van der Waals surface area contributed by atoms with Crippen LogP contribution in [0.2, 0.25) is 0 Å². The van der Waals surface area contributed by atoms with Crippen LogP contribution in [-0.4, -0.2) is 16.1 Å². The summed E-state index contributed by atoms with van der Waals surface area (Å²) in [7, 11) is -3.07. The van der Waals surface area contributed by atoms with Crippen LogP contribution in [0.25, 0.3) is 0 Å². The molecule has 0 aliphatic rings.